The maximum atomic E-state index is 12.9. The minimum atomic E-state index is -0.247. The summed E-state index contributed by atoms with van der Waals surface area (Å²) in [7, 11) is 1.75. The van der Waals surface area contributed by atoms with Crippen molar-refractivity contribution < 1.29 is 9.18 Å². The molecule has 1 fully saturated rings. The minimum absolute atomic E-state index is 0.162. The average molecular weight is 303 g/mol. The van der Waals surface area contributed by atoms with Crippen molar-refractivity contribution >= 4 is 11.8 Å². The molecular weight excluding hydrogens is 285 g/mol. The molecule has 0 aliphatic heterocycles. The summed E-state index contributed by atoms with van der Waals surface area (Å²) in [6, 6.07) is 6.51. The molecule has 6 nitrogen and oxygen atoms in total. The Bertz CT molecular complexity index is 650. The third-order valence-corrected chi connectivity index (χ3v) is 3.64. The summed E-state index contributed by atoms with van der Waals surface area (Å²) in [5.74, 6) is 0.197. The first-order chi connectivity index (χ1) is 10.6. The van der Waals surface area contributed by atoms with E-state index in [1.165, 1.54) is 16.8 Å². The fraction of sp³-hybridized carbons (Fsp3) is 0.400. The molecule has 0 spiro atoms. The standard InChI is InChI=1S/C15H18FN5O/c1-20-10-14(18-19-20)17-15(22)21(13-6-7-13)9-8-11-2-4-12(16)5-3-11/h2-5,10,13H,6-9H2,1H3,(H,17,22). The minimum Gasteiger partial charge on any atom is -0.321 e. The molecule has 1 saturated carbocycles. The lowest BCUT2D eigenvalue weighted by atomic mass is 10.1. The number of amides is 2. The van der Waals surface area contributed by atoms with E-state index in [1.807, 2.05) is 4.90 Å². The van der Waals surface area contributed by atoms with Crippen LogP contribution in [0.5, 0.6) is 0 Å². The number of anilines is 1. The molecule has 1 N–H and O–H groups in total. The Morgan fingerprint density at radius 1 is 1.41 bits per heavy atom. The number of aryl methyl sites for hydroxylation is 1. The van der Waals surface area contributed by atoms with Crippen molar-refractivity contribution in [1.82, 2.24) is 19.9 Å². The Morgan fingerprint density at radius 3 is 2.73 bits per heavy atom. The molecule has 1 aliphatic rings. The lowest BCUT2D eigenvalue weighted by molar-refractivity contribution is 0.209. The van der Waals surface area contributed by atoms with Crippen LogP contribution in [0.1, 0.15) is 18.4 Å². The zero-order valence-corrected chi connectivity index (χ0v) is 12.4. The number of rotatable bonds is 5. The predicted octanol–water partition coefficient (Wildman–Crippen LogP) is 2.19. The Labute approximate surface area is 127 Å². The van der Waals surface area contributed by atoms with E-state index in [-0.39, 0.29) is 17.9 Å². The number of nitrogens with zero attached hydrogens (tertiary/aromatic N) is 4. The van der Waals surface area contributed by atoms with Crippen molar-refractivity contribution in [2.24, 2.45) is 7.05 Å². The van der Waals surface area contributed by atoms with Crippen LogP contribution in [-0.4, -0.2) is 38.5 Å². The van der Waals surface area contributed by atoms with Gasteiger partial charge in [-0.15, -0.1) is 5.10 Å². The predicted molar refractivity (Wildman–Crippen MR) is 79.9 cm³/mol. The molecule has 2 aromatic rings. The second-order valence-electron chi connectivity index (χ2n) is 5.51. The largest absolute Gasteiger partial charge is 0.323 e. The fourth-order valence-corrected chi connectivity index (χ4v) is 2.32. The smallest absolute Gasteiger partial charge is 0.321 e. The van der Waals surface area contributed by atoms with E-state index in [0.29, 0.717) is 18.8 Å². The number of carbonyl (C=O) groups excluding carboxylic acids is 1. The third kappa shape index (κ3) is 3.60. The lowest BCUT2D eigenvalue weighted by Gasteiger charge is -2.22. The van der Waals surface area contributed by atoms with E-state index in [4.69, 9.17) is 0 Å². The molecule has 7 heteroatoms. The Hall–Kier alpha value is -2.44. The maximum Gasteiger partial charge on any atom is 0.323 e. The van der Waals surface area contributed by atoms with Crippen LogP contribution in [0.25, 0.3) is 0 Å². The molecule has 1 aromatic heterocycles. The normalized spacial score (nSPS) is 13.9. The molecule has 1 aromatic carbocycles. The molecular formula is C15H18FN5O. The second-order valence-corrected chi connectivity index (χ2v) is 5.51. The Balaban J connectivity index is 1.60. The quantitative estimate of drug-likeness (QED) is 0.921. The van der Waals surface area contributed by atoms with Crippen LogP contribution in [0.15, 0.2) is 30.5 Å². The molecule has 0 radical (unpaired) electrons. The number of aromatic nitrogens is 3. The van der Waals surface area contributed by atoms with E-state index in [9.17, 15) is 9.18 Å². The van der Waals surface area contributed by atoms with Gasteiger partial charge in [0.05, 0.1) is 6.20 Å². The van der Waals surface area contributed by atoms with Crippen LogP contribution in [0.4, 0.5) is 15.0 Å². The number of urea groups is 1. The zero-order valence-electron chi connectivity index (χ0n) is 12.4. The van der Waals surface area contributed by atoms with Crippen LogP contribution in [-0.2, 0) is 13.5 Å². The number of benzene rings is 1. The number of hydrogen-bond acceptors (Lipinski definition) is 3. The van der Waals surface area contributed by atoms with Crippen LogP contribution >= 0.6 is 0 Å². The molecule has 1 aliphatic carbocycles. The van der Waals surface area contributed by atoms with E-state index >= 15 is 0 Å². The first-order valence-corrected chi connectivity index (χ1v) is 7.30. The van der Waals surface area contributed by atoms with Crippen LogP contribution in [0.3, 0.4) is 0 Å². The molecule has 0 saturated heterocycles. The topological polar surface area (TPSA) is 63.1 Å². The van der Waals surface area contributed by atoms with Gasteiger partial charge >= 0.3 is 6.03 Å². The van der Waals surface area contributed by atoms with Crippen LogP contribution in [0.2, 0.25) is 0 Å². The molecule has 22 heavy (non-hydrogen) atoms. The highest BCUT2D eigenvalue weighted by Crippen LogP contribution is 2.27. The average Bonchev–Trinajstić information content (AvgIpc) is 3.24. The van der Waals surface area contributed by atoms with Crippen molar-refractivity contribution in [3.8, 4) is 0 Å². The van der Waals surface area contributed by atoms with Crippen LogP contribution in [0, 0.1) is 5.82 Å². The third-order valence-electron chi connectivity index (χ3n) is 3.64. The van der Waals surface area contributed by atoms with Gasteiger partial charge in [-0.25, -0.2) is 9.18 Å². The summed E-state index contributed by atoms with van der Waals surface area (Å²) in [6.07, 6.45) is 4.40. The fourth-order valence-electron chi connectivity index (χ4n) is 2.32. The molecule has 2 amide bonds. The first kappa shape index (κ1) is 14.5. The highest BCUT2D eigenvalue weighted by atomic mass is 19.1. The monoisotopic (exact) mass is 303 g/mol. The lowest BCUT2D eigenvalue weighted by Crippen LogP contribution is -2.38. The van der Waals surface area contributed by atoms with Gasteiger partial charge in [-0.2, -0.15) is 0 Å². The van der Waals surface area contributed by atoms with Gasteiger partial charge in [0.15, 0.2) is 5.82 Å². The van der Waals surface area contributed by atoms with Gasteiger partial charge in [-0.3, -0.25) is 10.00 Å². The molecule has 116 valence electrons. The molecule has 0 atom stereocenters. The van der Waals surface area contributed by atoms with E-state index in [0.717, 1.165) is 18.4 Å². The molecule has 0 bridgehead atoms. The van der Waals surface area contributed by atoms with Gasteiger partial charge in [-0.05, 0) is 37.0 Å². The summed E-state index contributed by atoms with van der Waals surface area (Å²) in [5, 5.41) is 10.4. The molecule has 0 unspecified atom stereocenters. The van der Waals surface area contributed by atoms with Gasteiger partial charge in [0.2, 0.25) is 0 Å². The van der Waals surface area contributed by atoms with Gasteiger partial charge in [-0.1, -0.05) is 17.3 Å². The van der Waals surface area contributed by atoms with Crippen molar-refractivity contribution in [3.05, 3.63) is 41.8 Å². The first-order valence-electron chi connectivity index (χ1n) is 7.30. The number of hydrogen-bond donors (Lipinski definition) is 1. The van der Waals surface area contributed by atoms with Crippen molar-refractivity contribution in [1.29, 1.82) is 0 Å². The zero-order chi connectivity index (χ0) is 15.5. The Morgan fingerprint density at radius 2 is 2.14 bits per heavy atom. The van der Waals surface area contributed by atoms with Crippen molar-refractivity contribution in [2.45, 2.75) is 25.3 Å². The van der Waals surface area contributed by atoms with E-state index in [1.54, 1.807) is 25.4 Å². The number of nitrogens with one attached hydrogen (secondary N) is 1. The highest BCUT2D eigenvalue weighted by molar-refractivity contribution is 5.88. The van der Waals surface area contributed by atoms with Gasteiger partial charge in [0.1, 0.15) is 5.82 Å². The molecule has 3 rings (SSSR count). The summed E-state index contributed by atoms with van der Waals surface area (Å²) in [5.41, 5.74) is 1.01. The van der Waals surface area contributed by atoms with E-state index < -0.39 is 0 Å². The summed E-state index contributed by atoms with van der Waals surface area (Å²) < 4.78 is 14.4. The second kappa shape index (κ2) is 6.13. The number of halogens is 1. The van der Waals surface area contributed by atoms with Crippen molar-refractivity contribution in [3.63, 3.8) is 0 Å². The summed E-state index contributed by atoms with van der Waals surface area (Å²) in [6.45, 7) is 0.600. The summed E-state index contributed by atoms with van der Waals surface area (Å²) in [4.78, 5) is 14.2. The van der Waals surface area contributed by atoms with Crippen molar-refractivity contribution in [2.75, 3.05) is 11.9 Å². The maximum absolute atomic E-state index is 12.9. The van der Waals surface area contributed by atoms with E-state index in [2.05, 4.69) is 15.6 Å². The van der Waals surface area contributed by atoms with Gasteiger partial charge in [0, 0.05) is 19.6 Å². The summed E-state index contributed by atoms with van der Waals surface area (Å²) >= 11 is 0. The number of carbonyl (C=O) groups is 1. The molecule has 1 heterocycles. The van der Waals surface area contributed by atoms with Crippen LogP contribution < -0.4 is 5.32 Å². The Kier molecular flexibility index (Phi) is 4.04. The van der Waals surface area contributed by atoms with Gasteiger partial charge < -0.3 is 4.90 Å². The SMILES string of the molecule is Cn1cc(NC(=O)N(CCc2ccc(F)cc2)C2CC2)nn1. The highest BCUT2D eigenvalue weighted by Gasteiger charge is 2.32. The van der Waals surface area contributed by atoms with Gasteiger partial charge in [0.25, 0.3) is 0 Å².